The van der Waals surface area contributed by atoms with E-state index in [9.17, 15) is 18.0 Å². The first-order chi connectivity index (χ1) is 19.0. The number of hydrogen-bond donors (Lipinski definition) is 1. The normalized spacial score (nSPS) is 12.8. The van der Waals surface area contributed by atoms with Crippen molar-refractivity contribution >= 4 is 39.1 Å². The van der Waals surface area contributed by atoms with Crippen molar-refractivity contribution in [1.82, 2.24) is 10.2 Å². The first-order valence-electron chi connectivity index (χ1n) is 13.0. The van der Waals surface area contributed by atoms with Crippen LogP contribution < -0.4 is 14.4 Å². The molecule has 0 fully saturated rings. The number of benzene rings is 3. The van der Waals surface area contributed by atoms with Crippen molar-refractivity contribution in [2.45, 2.75) is 57.6 Å². The van der Waals surface area contributed by atoms with Crippen LogP contribution in [0, 0.1) is 6.92 Å². The molecular formula is C30H36ClN3O5S. The highest BCUT2D eigenvalue weighted by atomic mass is 35.5. The number of aryl methyl sites for hydroxylation is 1. The van der Waals surface area contributed by atoms with Gasteiger partial charge in [0.25, 0.3) is 10.0 Å². The van der Waals surface area contributed by atoms with Gasteiger partial charge in [0, 0.05) is 17.6 Å². The van der Waals surface area contributed by atoms with Gasteiger partial charge in [0.1, 0.15) is 18.3 Å². The number of nitrogens with zero attached hydrogens (tertiary/aromatic N) is 2. The molecule has 0 saturated carbocycles. The van der Waals surface area contributed by atoms with Gasteiger partial charge in [-0.15, -0.1) is 0 Å². The summed E-state index contributed by atoms with van der Waals surface area (Å²) in [5.41, 5.74) is 1.97. The lowest BCUT2D eigenvalue weighted by atomic mass is 10.1. The molecule has 0 heterocycles. The van der Waals surface area contributed by atoms with Crippen LogP contribution in [0.2, 0.25) is 5.02 Å². The minimum atomic E-state index is -4.23. The van der Waals surface area contributed by atoms with Crippen LogP contribution >= 0.6 is 11.6 Å². The van der Waals surface area contributed by atoms with Gasteiger partial charge >= 0.3 is 0 Å². The molecule has 0 aliphatic heterocycles. The maximum atomic E-state index is 14.0. The molecule has 3 aromatic carbocycles. The molecule has 0 aliphatic carbocycles. The van der Waals surface area contributed by atoms with Crippen molar-refractivity contribution in [1.29, 1.82) is 0 Å². The minimum absolute atomic E-state index is 0.00234. The van der Waals surface area contributed by atoms with Gasteiger partial charge in [-0.05, 0) is 63.1 Å². The summed E-state index contributed by atoms with van der Waals surface area (Å²) in [6, 6.07) is 19.0. The lowest BCUT2D eigenvalue weighted by Gasteiger charge is -2.33. The smallest absolute Gasteiger partial charge is 0.264 e. The van der Waals surface area contributed by atoms with Crippen molar-refractivity contribution in [2.24, 2.45) is 0 Å². The molecule has 0 saturated heterocycles. The number of hydrogen-bond acceptors (Lipinski definition) is 5. The molecule has 0 aromatic heterocycles. The predicted molar refractivity (Wildman–Crippen MR) is 158 cm³/mol. The van der Waals surface area contributed by atoms with E-state index in [0.29, 0.717) is 0 Å². The standard InChI is InChI=1S/C30H36ClN3O5S/c1-6-22(3)32-30(36)23(4)33(19-24-14-12-21(2)13-15-24)29(35)20-34(27-18-25(31)16-17-28(27)39-5)40(37,38)26-10-8-7-9-11-26/h7-18,22-23H,6,19-20H2,1-5H3,(H,32,36)/t22-,23-/m1/s1. The summed E-state index contributed by atoms with van der Waals surface area (Å²) in [4.78, 5) is 28.6. The second-order valence-electron chi connectivity index (χ2n) is 9.64. The number of rotatable bonds is 12. The van der Waals surface area contributed by atoms with Gasteiger partial charge in [0.15, 0.2) is 0 Å². The van der Waals surface area contributed by atoms with Gasteiger partial charge < -0.3 is 15.0 Å². The van der Waals surface area contributed by atoms with Crippen molar-refractivity contribution < 1.29 is 22.7 Å². The highest BCUT2D eigenvalue weighted by Gasteiger charge is 2.34. The van der Waals surface area contributed by atoms with E-state index in [1.165, 1.54) is 30.2 Å². The number of methoxy groups -OCH3 is 1. The molecule has 40 heavy (non-hydrogen) atoms. The molecule has 1 N–H and O–H groups in total. The molecule has 3 rings (SSSR count). The van der Waals surface area contributed by atoms with Crippen LogP contribution in [0.15, 0.2) is 77.7 Å². The monoisotopic (exact) mass is 585 g/mol. The second kappa shape index (κ2) is 13.7. The lowest BCUT2D eigenvalue weighted by Crippen LogP contribution is -2.52. The number of halogens is 1. The van der Waals surface area contributed by atoms with Crippen LogP contribution in [-0.4, -0.2) is 50.9 Å². The molecule has 2 atom stereocenters. The van der Waals surface area contributed by atoms with Crippen LogP contribution in [0.1, 0.15) is 38.3 Å². The Labute approximate surface area is 241 Å². The summed E-state index contributed by atoms with van der Waals surface area (Å²) in [5, 5.41) is 3.20. The second-order valence-corrected chi connectivity index (χ2v) is 11.9. The Bertz CT molecular complexity index is 1420. The Hall–Kier alpha value is -3.56. The molecule has 8 nitrogen and oxygen atoms in total. The number of sulfonamides is 1. The molecule has 3 aromatic rings. The summed E-state index contributed by atoms with van der Waals surface area (Å²) in [7, 11) is -2.82. The number of carbonyl (C=O) groups excluding carboxylic acids is 2. The van der Waals surface area contributed by atoms with Gasteiger partial charge in [-0.1, -0.05) is 66.6 Å². The van der Waals surface area contributed by atoms with Crippen molar-refractivity contribution in [3.63, 3.8) is 0 Å². The summed E-state index contributed by atoms with van der Waals surface area (Å²) in [5.74, 6) is -0.661. The fourth-order valence-corrected chi connectivity index (χ4v) is 5.63. The SMILES string of the molecule is CC[C@@H](C)NC(=O)[C@@H](C)N(Cc1ccc(C)cc1)C(=O)CN(c1cc(Cl)ccc1OC)S(=O)(=O)c1ccccc1. The molecule has 10 heteroatoms. The molecule has 0 spiro atoms. The third-order valence-corrected chi connectivity index (χ3v) is 8.67. The molecule has 2 amide bonds. The summed E-state index contributed by atoms with van der Waals surface area (Å²) in [6.07, 6.45) is 0.724. The molecular weight excluding hydrogens is 550 g/mol. The predicted octanol–water partition coefficient (Wildman–Crippen LogP) is 5.18. The van der Waals surface area contributed by atoms with Crippen LogP contribution in [0.3, 0.4) is 0 Å². The van der Waals surface area contributed by atoms with Gasteiger partial charge in [-0.3, -0.25) is 13.9 Å². The van der Waals surface area contributed by atoms with Gasteiger partial charge in [-0.2, -0.15) is 0 Å². The summed E-state index contributed by atoms with van der Waals surface area (Å²) in [6.45, 7) is 6.96. The number of anilines is 1. The fourth-order valence-electron chi connectivity index (χ4n) is 4.03. The maximum absolute atomic E-state index is 14.0. The van der Waals surface area contributed by atoms with E-state index >= 15 is 0 Å². The molecule has 0 radical (unpaired) electrons. The summed E-state index contributed by atoms with van der Waals surface area (Å²) < 4.78 is 34.3. The zero-order chi connectivity index (χ0) is 29.4. The number of ether oxygens (including phenoxy) is 1. The van der Waals surface area contributed by atoms with Crippen LogP contribution in [0.25, 0.3) is 0 Å². The van der Waals surface area contributed by atoms with Gasteiger partial charge in [0.2, 0.25) is 11.8 Å². The zero-order valence-corrected chi connectivity index (χ0v) is 25.0. The average molecular weight is 586 g/mol. The van der Waals surface area contributed by atoms with Gasteiger partial charge in [-0.25, -0.2) is 8.42 Å². The largest absolute Gasteiger partial charge is 0.495 e. The zero-order valence-electron chi connectivity index (χ0n) is 23.4. The Balaban J connectivity index is 2.08. The molecule has 0 bridgehead atoms. The summed E-state index contributed by atoms with van der Waals surface area (Å²) >= 11 is 6.26. The highest BCUT2D eigenvalue weighted by molar-refractivity contribution is 7.92. The quantitative estimate of drug-likeness (QED) is 0.316. The van der Waals surface area contributed by atoms with Crippen molar-refractivity contribution in [3.05, 3.63) is 88.9 Å². The Morgan fingerprint density at radius 3 is 2.25 bits per heavy atom. The number of amides is 2. The first-order valence-corrected chi connectivity index (χ1v) is 14.9. The Morgan fingerprint density at radius 1 is 1.00 bits per heavy atom. The third-order valence-electron chi connectivity index (χ3n) is 6.66. The minimum Gasteiger partial charge on any atom is -0.495 e. The van der Waals surface area contributed by atoms with E-state index < -0.39 is 28.5 Å². The number of nitrogens with one attached hydrogen (secondary N) is 1. The molecule has 0 unspecified atom stereocenters. The van der Waals surface area contributed by atoms with E-state index in [1.807, 2.05) is 45.0 Å². The average Bonchev–Trinajstić information content (AvgIpc) is 2.95. The van der Waals surface area contributed by atoms with Crippen molar-refractivity contribution in [3.8, 4) is 5.75 Å². The lowest BCUT2D eigenvalue weighted by molar-refractivity contribution is -0.139. The van der Waals surface area contributed by atoms with Gasteiger partial charge in [0.05, 0.1) is 17.7 Å². The van der Waals surface area contributed by atoms with E-state index in [0.717, 1.165) is 21.9 Å². The van der Waals surface area contributed by atoms with E-state index in [-0.39, 0.29) is 39.8 Å². The van der Waals surface area contributed by atoms with E-state index in [4.69, 9.17) is 16.3 Å². The molecule has 0 aliphatic rings. The Kier molecular flexibility index (Phi) is 10.6. The topological polar surface area (TPSA) is 96.0 Å². The third kappa shape index (κ3) is 7.55. The van der Waals surface area contributed by atoms with Crippen LogP contribution in [0.5, 0.6) is 5.75 Å². The molecule has 214 valence electrons. The number of carbonyl (C=O) groups is 2. The van der Waals surface area contributed by atoms with E-state index in [1.54, 1.807) is 37.3 Å². The first kappa shape index (κ1) is 31.0. The van der Waals surface area contributed by atoms with Crippen LogP contribution in [0.4, 0.5) is 5.69 Å². The maximum Gasteiger partial charge on any atom is 0.264 e. The fraction of sp³-hybridized carbons (Fsp3) is 0.333. The van der Waals surface area contributed by atoms with E-state index in [2.05, 4.69) is 5.32 Å². The Morgan fingerprint density at radius 2 is 1.65 bits per heavy atom. The van der Waals surface area contributed by atoms with Crippen molar-refractivity contribution in [2.75, 3.05) is 18.0 Å². The highest BCUT2D eigenvalue weighted by Crippen LogP contribution is 2.35. The van der Waals surface area contributed by atoms with Crippen LogP contribution in [-0.2, 0) is 26.2 Å².